The number of para-hydroxylation sites is 1. The van der Waals surface area contributed by atoms with Gasteiger partial charge in [0.1, 0.15) is 11.2 Å². The summed E-state index contributed by atoms with van der Waals surface area (Å²) in [4.78, 5) is 2.42. The van der Waals surface area contributed by atoms with Crippen molar-refractivity contribution < 1.29 is 4.42 Å². The van der Waals surface area contributed by atoms with Gasteiger partial charge in [-0.1, -0.05) is 161 Å². The van der Waals surface area contributed by atoms with Crippen molar-refractivity contribution in [1.29, 1.82) is 0 Å². The molecule has 0 amide bonds. The highest BCUT2D eigenvalue weighted by molar-refractivity contribution is 6.22. The first-order valence-electron chi connectivity index (χ1n) is 21.1. The van der Waals surface area contributed by atoms with Crippen LogP contribution >= 0.6 is 0 Å². The molecule has 12 rings (SSSR count). The fourth-order valence-electron chi connectivity index (χ4n) is 10.6. The van der Waals surface area contributed by atoms with Crippen LogP contribution in [0, 0.1) is 0 Å². The maximum Gasteiger partial charge on any atom is 0.143 e. The van der Waals surface area contributed by atoms with Crippen LogP contribution < -0.4 is 4.90 Å². The van der Waals surface area contributed by atoms with Gasteiger partial charge in [-0.05, 0) is 127 Å². The predicted octanol–water partition coefficient (Wildman–Crippen LogP) is 16.2. The lowest BCUT2D eigenvalue weighted by atomic mass is 9.80. The Bertz CT molecular complexity index is 3370. The van der Waals surface area contributed by atoms with Crippen LogP contribution in [0.2, 0.25) is 0 Å². The average molecular weight is 770 g/mol. The second kappa shape index (κ2) is 12.7. The van der Waals surface area contributed by atoms with Gasteiger partial charge in [-0.3, -0.25) is 0 Å². The Labute approximate surface area is 351 Å². The highest BCUT2D eigenvalue weighted by Gasteiger charge is 2.37. The molecule has 1 heterocycles. The standard InChI is InChI=1S/C58H43NO/c1-57(2)49-23-14-13-21-42(49)45-31-28-40(34-52(45)57)59(39-18-9-6-10-19-39)53-24-15-25-54-55(53)48-35-47(41-20-11-12-22-46(41)56(48)60-54)38-27-30-44-43-29-26-37(36-16-7-5-8-17-36)32-50(43)58(3,4)51(44)33-38/h5-35H,1-4H3. The van der Waals surface area contributed by atoms with Gasteiger partial charge in [0.25, 0.3) is 0 Å². The topological polar surface area (TPSA) is 16.4 Å². The van der Waals surface area contributed by atoms with Gasteiger partial charge >= 0.3 is 0 Å². The van der Waals surface area contributed by atoms with Crippen molar-refractivity contribution in [1.82, 2.24) is 0 Å². The van der Waals surface area contributed by atoms with Gasteiger partial charge in [0.05, 0.1) is 11.1 Å². The molecule has 0 unspecified atom stereocenters. The molecule has 1 aromatic heterocycles. The maximum absolute atomic E-state index is 6.94. The Morgan fingerprint density at radius 3 is 1.72 bits per heavy atom. The van der Waals surface area contributed by atoms with E-state index in [4.69, 9.17) is 4.42 Å². The van der Waals surface area contributed by atoms with Gasteiger partial charge in [0, 0.05) is 33.0 Å². The number of hydrogen-bond acceptors (Lipinski definition) is 2. The number of rotatable bonds is 5. The molecule has 0 N–H and O–H groups in total. The molecule has 0 atom stereocenters. The summed E-state index contributed by atoms with van der Waals surface area (Å²) in [6.45, 7) is 9.46. The van der Waals surface area contributed by atoms with E-state index in [2.05, 4.69) is 221 Å². The zero-order valence-electron chi connectivity index (χ0n) is 34.3. The van der Waals surface area contributed by atoms with Crippen LogP contribution in [-0.4, -0.2) is 0 Å². The molecular formula is C58H43NO. The largest absolute Gasteiger partial charge is 0.455 e. The number of hydrogen-bond donors (Lipinski definition) is 0. The Balaban J connectivity index is 1.05. The average Bonchev–Trinajstić information content (AvgIpc) is 3.86. The van der Waals surface area contributed by atoms with Crippen molar-refractivity contribution in [2.45, 2.75) is 38.5 Å². The number of benzene rings is 9. The molecule has 0 fully saturated rings. The summed E-state index contributed by atoms with van der Waals surface area (Å²) in [6, 6.07) is 69.2. The molecule has 2 nitrogen and oxygen atoms in total. The molecule has 10 aromatic rings. The van der Waals surface area contributed by atoms with E-state index >= 15 is 0 Å². The van der Waals surface area contributed by atoms with E-state index < -0.39 is 0 Å². The first kappa shape index (κ1) is 34.8. The second-order valence-corrected chi connectivity index (χ2v) is 17.7. The Kier molecular flexibility index (Phi) is 7.36. The van der Waals surface area contributed by atoms with Gasteiger partial charge in [-0.2, -0.15) is 0 Å². The molecule has 60 heavy (non-hydrogen) atoms. The van der Waals surface area contributed by atoms with Gasteiger partial charge in [0.15, 0.2) is 0 Å². The molecule has 0 aliphatic heterocycles. The van der Waals surface area contributed by atoms with Gasteiger partial charge in [0.2, 0.25) is 0 Å². The number of anilines is 3. The second-order valence-electron chi connectivity index (χ2n) is 17.7. The minimum atomic E-state index is -0.164. The zero-order chi connectivity index (χ0) is 40.3. The molecule has 0 spiro atoms. The molecule has 0 bridgehead atoms. The fraction of sp³-hybridized carbons (Fsp3) is 0.103. The number of furan rings is 1. The number of fused-ring (bicyclic) bond motifs is 11. The van der Waals surface area contributed by atoms with Crippen LogP contribution in [-0.2, 0) is 10.8 Å². The Hall–Kier alpha value is -7.16. The molecular weight excluding hydrogens is 727 g/mol. The lowest BCUT2D eigenvalue weighted by Gasteiger charge is -2.28. The van der Waals surface area contributed by atoms with Crippen molar-refractivity contribution in [3.63, 3.8) is 0 Å². The number of nitrogens with zero attached hydrogens (tertiary/aromatic N) is 1. The monoisotopic (exact) mass is 769 g/mol. The quantitative estimate of drug-likeness (QED) is 0.173. The normalized spacial score (nSPS) is 14.3. The molecule has 2 aliphatic rings. The summed E-state index contributed by atoms with van der Waals surface area (Å²) in [5.74, 6) is 0. The van der Waals surface area contributed by atoms with Crippen LogP contribution in [0.4, 0.5) is 17.1 Å². The minimum Gasteiger partial charge on any atom is -0.455 e. The molecule has 2 heteroatoms. The van der Waals surface area contributed by atoms with Crippen molar-refractivity contribution in [2.24, 2.45) is 0 Å². The molecule has 2 aliphatic carbocycles. The molecule has 0 saturated carbocycles. The van der Waals surface area contributed by atoms with Crippen molar-refractivity contribution in [3.8, 4) is 44.5 Å². The van der Waals surface area contributed by atoms with Gasteiger partial charge < -0.3 is 9.32 Å². The minimum absolute atomic E-state index is 0.123. The predicted molar refractivity (Wildman–Crippen MR) is 252 cm³/mol. The SMILES string of the molecule is CC1(C)c2cc(-c3ccccc3)ccc2-c2ccc(-c3cc4c(oc5cccc(N(c6ccccc6)c6ccc7c(c6)C(C)(C)c6ccccc6-7)c54)c4ccccc34)cc21. The maximum atomic E-state index is 6.94. The van der Waals surface area contributed by atoms with Crippen LogP contribution in [0.5, 0.6) is 0 Å². The summed E-state index contributed by atoms with van der Waals surface area (Å²) in [5, 5.41) is 4.52. The van der Waals surface area contributed by atoms with E-state index in [0.717, 1.165) is 44.4 Å². The fourth-order valence-corrected chi connectivity index (χ4v) is 10.6. The van der Waals surface area contributed by atoms with Crippen LogP contribution in [0.15, 0.2) is 192 Å². The van der Waals surface area contributed by atoms with Crippen LogP contribution in [0.1, 0.15) is 49.9 Å². The van der Waals surface area contributed by atoms with E-state index in [9.17, 15) is 0 Å². The van der Waals surface area contributed by atoms with Gasteiger partial charge in [-0.15, -0.1) is 0 Å². The first-order chi connectivity index (χ1) is 29.3. The molecule has 0 radical (unpaired) electrons. The van der Waals surface area contributed by atoms with Crippen LogP contribution in [0.25, 0.3) is 77.2 Å². The lowest BCUT2D eigenvalue weighted by molar-refractivity contribution is 0.660. The van der Waals surface area contributed by atoms with Crippen molar-refractivity contribution in [2.75, 3.05) is 4.90 Å². The van der Waals surface area contributed by atoms with E-state index in [-0.39, 0.29) is 10.8 Å². The van der Waals surface area contributed by atoms with Crippen molar-refractivity contribution in [3.05, 3.63) is 210 Å². The third-order valence-electron chi connectivity index (χ3n) is 13.7. The summed E-state index contributed by atoms with van der Waals surface area (Å²) in [6.07, 6.45) is 0. The summed E-state index contributed by atoms with van der Waals surface area (Å²) in [5.41, 5.74) is 20.5. The first-order valence-corrected chi connectivity index (χ1v) is 21.1. The highest BCUT2D eigenvalue weighted by atomic mass is 16.3. The summed E-state index contributed by atoms with van der Waals surface area (Å²) < 4.78 is 6.94. The van der Waals surface area contributed by atoms with E-state index in [1.165, 1.54) is 72.1 Å². The Morgan fingerprint density at radius 1 is 0.367 bits per heavy atom. The van der Waals surface area contributed by atoms with E-state index in [1.54, 1.807) is 0 Å². The van der Waals surface area contributed by atoms with E-state index in [0.29, 0.717) is 0 Å². The third-order valence-corrected chi connectivity index (χ3v) is 13.7. The molecule has 9 aromatic carbocycles. The molecule has 0 saturated heterocycles. The smallest absolute Gasteiger partial charge is 0.143 e. The third kappa shape index (κ3) is 4.94. The van der Waals surface area contributed by atoms with Crippen LogP contribution in [0.3, 0.4) is 0 Å². The van der Waals surface area contributed by atoms with E-state index in [1.807, 2.05) is 0 Å². The summed E-state index contributed by atoms with van der Waals surface area (Å²) >= 11 is 0. The Morgan fingerprint density at radius 2 is 0.950 bits per heavy atom. The lowest BCUT2D eigenvalue weighted by Crippen LogP contribution is -2.16. The summed E-state index contributed by atoms with van der Waals surface area (Å²) in [7, 11) is 0. The highest BCUT2D eigenvalue weighted by Crippen LogP contribution is 2.54. The van der Waals surface area contributed by atoms with Gasteiger partial charge in [-0.25, -0.2) is 0 Å². The van der Waals surface area contributed by atoms with Crippen molar-refractivity contribution >= 4 is 49.8 Å². The zero-order valence-corrected chi connectivity index (χ0v) is 34.3. The molecule has 286 valence electrons.